The van der Waals surface area contributed by atoms with Gasteiger partial charge in [-0.25, -0.2) is 4.99 Å². The van der Waals surface area contributed by atoms with Crippen molar-refractivity contribution in [2.24, 2.45) is 10.9 Å². The van der Waals surface area contributed by atoms with Gasteiger partial charge >= 0.3 is 0 Å². The molecule has 1 aliphatic heterocycles. The normalized spacial score (nSPS) is 15.8. The zero-order valence-corrected chi connectivity index (χ0v) is 23.7. The third-order valence-electron chi connectivity index (χ3n) is 6.33. The third kappa shape index (κ3) is 5.99. The van der Waals surface area contributed by atoms with Gasteiger partial charge in [0.2, 0.25) is 12.1 Å². The van der Waals surface area contributed by atoms with Crippen LogP contribution in [0.3, 0.4) is 0 Å². The second-order valence-corrected chi connectivity index (χ2v) is 11.2. The lowest BCUT2D eigenvalue weighted by Crippen LogP contribution is -2.48. The first kappa shape index (κ1) is 27.3. The number of hydrogen-bond donors (Lipinski definition) is 1. The number of rotatable bonds is 7. The molecule has 0 spiro atoms. The second kappa shape index (κ2) is 11.8. The van der Waals surface area contributed by atoms with Crippen molar-refractivity contribution in [2.75, 3.05) is 4.90 Å². The Kier molecular flexibility index (Phi) is 8.28. The molecule has 39 heavy (non-hydrogen) atoms. The SMILES string of the molecule is C[C@@H](Cc1ccc(Cl)c(Cl)c1)C(=O)NC1N=C(c2ccccc2)c2ccccc2N(Cc2nnsc2Cl)C1=O. The lowest BCUT2D eigenvalue weighted by Gasteiger charge is -2.25. The van der Waals surface area contributed by atoms with Crippen LogP contribution < -0.4 is 10.2 Å². The molecule has 0 bridgehead atoms. The molecule has 11 heteroatoms. The Hall–Kier alpha value is -3.30. The van der Waals surface area contributed by atoms with E-state index in [0.717, 1.165) is 28.2 Å². The van der Waals surface area contributed by atoms with E-state index < -0.39 is 18.0 Å². The standard InChI is InChI=1S/C28H22Cl3N5O2S/c1-16(13-17-11-12-20(29)21(30)14-17)27(37)33-26-28(38)36(15-22-25(31)39-35-34-22)23-10-6-5-9-19(23)24(32-26)18-7-3-2-4-8-18/h2-12,14,16,26H,13,15H2,1H3,(H,33,37)/t16-,26?/m0/s1. The number of nitrogens with one attached hydrogen (secondary N) is 1. The Bertz CT molecular complexity index is 1560. The molecule has 0 radical (unpaired) electrons. The van der Waals surface area contributed by atoms with Crippen LogP contribution in [0.25, 0.3) is 0 Å². The van der Waals surface area contributed by atoms with Crippen molar-refractivity contribution in [3.05, 3.63) is 110 Å². The van der Waals surface area contributed by atoms with Gasteiger partial charge in [-0.2, -0.15) is 0 Å². The maximum atomic E-state index is 14.0. The molecule has 1 aromatic heterocycles. The molecule has 1 N–H and O–H groups in total. The van der Waals surface area contributed by atoms with Crippen LogP contribution in [-0.4, -0.2) is 33.3 Å². The minimum atomic E-state index is -1.18. The van der Waals surface area contributed by atoms with Gasteiger partial charge in [0.1, 0.15) is 10.0 Å². The summed E-state index contributed by atoms with van der Waals surface area (Å²) in [5.74, 6) is -1.20. The number of fused-ring (bicyclic) bond motifs is 1. The van der Waals surface area contributed by atoms with Crippen LogP contribution in [-0.2, 0) is 22.6 Å². The summed E-state index contributed by atoms with van der Waals surface area (Å²) in [6, 6.07) is 22.3. The fourth-order valence-corrected chi connectivity index (χ4v) is 5.28. The summed E-state index contributed by atoms with van der Waals surface area (Å²) in [6.45, 7) is 1.86. The first-order valence-corrected chi connectivity index (χ1v) is 14.0. The molecule has 2 atom stereocenters. The van der Waals surface area contributed by atoms with Crippen LogP contribution >= 0.6 is 46.3 Å². The van der Waals surface area contributed by atoms with Gasteiger partial charge in [0.15, 0.2) is 0 Å². The molecule has 1 unspecified atom stereocenters. The zero-order valence-electron chi connectivity index (χ0n) is 20.6. The van der Waals surface area contributed by atoms with Crippen molar-refractivity contribution in [3.8, 4) is 0 Å². The number of anilines is 1. The van der Waals surface area contributed by atoms with E-state index in [1.165, 1.54) is 0 Å². The first-order valence-electron chi connectivity index (χ1n) is 12.1. The van der Waals surface area contributed by atoms with Gasteiger partial charge in [0, 0.05) is 28.6 Å². The number of amides is 2. The number of hydrogen-bond acceptors (Lipinski definition) is 6. The van der Waals surface area contributed by atoms with Crippen molar-refractivity contribution in [1.29, 1.82) is 0 Å². The summed E-state index contributed by atoms with van der Waals surface area (Å²) in [4.78, 5) is 33.7. The number of para-hydroxylation sites is 1. The van der Waals surface area contributed by atoms with Gasteiger partial charge in [-0.15, -0.1) is 5.10 Å². The van der Waals surface area contributed by atoms with E-state index in [4.69, 9.17) is 39.8 Å². The van der Waals surface area contributed by atoms with E-state index in [1.807, 2.05) is 60.7 Å². The van der Waals surface area contributed by atoms with Crippen LogP contribution in [0.5, 0.6) is 0 Å². The lowest BCUT2D eigenvalue weighted by molar-refractivity contribution is -0.129. The molecule has 2 amide bonds. The number of benzene rings is 3. The predicted octanol–water partition coefficient (Wildman–Crippen LogP) is 6.20. The molecule has 1 aliphatic rings. The van der Waals surface area contributed by atoms with Crippen LogP contribution in [0.4, 0.5) is 5.69 Å². The highest BCUT2D eigenvalue weighted by Gasteiger charge is 2.34. The number of aromatic nitrogens is 2. The summed E-state index contributed by atoms with van der Waals surface area (Å²) in [5.41, 5.74) is 4.10. The van der Waals surface area contributed by atoms with Gasteiger partial charge in [0.05, 0.1) is 28.0 Å². The van der Waals surface area contributed by atoms with Crippen molar-refractivity contribution >= 4 is 69.5 Å². The zero-order chi connectivity index (χ0) is 27.5. The third-order valence-corrected chi connectivity index (χ3v) is 8.05. The molecule has 198 valence electrons. The monoisotopic (exact) mass is 597 g/mol. The summed E-state index contributed by atoms with van der Waals surface area (Å²) in [7, 11) is 0. The highest BCUT2D eigenvalue weighted by Crippen LogP contribution is 2.31. The molecule has 5 rings (SSSR count). The maximum absolute atomic E-state index is 14.0. The summed E-state index contributed by atoms with van der Waals surface area (Å²) >= 11 is 19.5. The van der Waals surface area contributed by atoms with Crippen molar-refractivity contribution in [3.63, 3.8) is 0 Å². The fraction of sp³-hybridized carbons (Fsp3) is 0.179. The molecule has 7 nitrogen and oxygen atoms in total. The predicted molar refractivity (Wildman–Crippen MR) is 156 cm³/mol. The van der Waals surface area contributed by atoms with Crippen LogP contribution in [0.15, 0.2) is 77.8 Å². The minimum Gasteiger partial charge on any atom is -0.326 e. The Balaban J connectivity index is 1.50. The largest absolute Gasteiger partial charge is 0.326 e. The van der Waals surface area contributed by atoms with E-state index in [2.05, 4.69) is 14.9 Å². The molecule has 2 heterocycles. The highest BCUT2D eigenvalue weighted by molar-refractivity contribution is 7.10. The van der Waals surface area contributed by atoms with Gasteiger partial charge in [-0.1, -0.05) is 101 Å². The highest BCUT2D eigenvalue weighted by atomic mass is 35.5. The number of benzodiazepines with no additional fused rings is 1. The van der Waals surface area contributed by atoms with Crippen LogP contribution in [0.1, 0.15) is 29.3 Å². The van der Waals surface area contributed by atoms with E-state index in [0.29, 0.717) is 37.9 Å². The quantitative estimate of drug-likeness (QED) is 0.274. The average molecular weight is 599 g/mol. The molecule has 3 aromatic carbocycles. The van der Waals surface area contributed by atoms with E-state index in [1.54, 1.807) is 24.0 Å². The molecule has 0 saturated heterocycles. The summed E-state index contributed by atoms with van der Waals surface area (Å²) in [5, 5.41) is 7.83. The summed E-state index contributed by atoms with van der Waals surface area (Å²) < 4.78 is 4.30. The molecular weight excluding hydrogens is 577 g/mol. The van der Waals surface area contributed by atoms with Crippen molar-refractivity contribution < 1.29 is 9.59 Å². The Morgan fingerprint density at radius 1 is 1.03 bits per heavy atom. The molecule has 0 fully saturated rings. The Labute approximate surface area is 244 Å². The Morgan fingerprint density at radius 3 is 2.49 bits per heavy atom. The summed E-state index contributed by atoms with van der Waals surface area (Å²) in [6.07, 6.45) is -0.773. The van der Waals surface area contributed by atoms with Gasteiger partial charge in [-0.3, -0.25) is 9.59 Å². The first-order chi connectivity index (χ1) is 18.8. The van der Waals surface area contributed by atoms with Crippen molar-refractivity contribution in [2.45, 2.75) is 26.1 Å². The maximum Gasteiger partial charge on any atom is 0.272 e. The smallest absolute Gasteiger partial charge is 0.272 e. The second-order valence-electron chi connectivity index (χ2n) is 9.04. The molecule has 0 saturated carbocycles. The van der Waals surface area contributed by atoms with Gasteiger partial charge in [0.25, 0.3) is 5.91 Å². The van der Waals surface area contributed by atoms with Crippen molar-refractivity contribution in [1.82, 2.24) is 14.9 Å². The van der Waals surface area contributed by atoms with Crippen LogP contribution in [0.2, 0.25) is 14.4 Å². The fourth-order valence-electron chi connectivity index (χ4n) is 4.34. The Morgan fingerprint density at radius 2 is 1.77 bits per heavy atom. The van der Waals surface area contributed by atoms with Gasteiger partial charge in [-0.05, 0) is 30.2 Å². The van der Waals surface area contributed by atoms with E-state index in [9.17, 15) is 9.59 Å². The average Bonchev–Trinajstić information content (AvgIpc) is 3.31. The molecular formula is C28H22Cl3N5O2S. The van der Waals surface area contributed by atoms with Gasteiger partial charge < -0.3 is 10.2 Å². The minimum absolute atomic E-state index is 0.0773. The molecule has 0 aliphatic carbocycles. The molecule has 4 aromatic rings. The number of carbonyl (C=O) groups excluding carboxylic acids is 2. The topological polar surface area (TPSA) is 87.6 Å². The van der Waals surface area contributed by atoms with E-state index >= 15 is 0 Å². The number of halogens is 3. The van der Waals surface area contributed by atoms with Crippen LogP contribution in [0, 0.1) is 5.92 Å². The van der Waals surface area contributed by atoms with E-state index in [-0.39, 0.29) is 12.5 Å². The number of nitrogens with zero attached hydrogens (tertiary/aromatic N) is 4. The number of carbonyl (C=O) groups is 2. The lowest BCUT2D eigenvalue weighted by atomic mass is 10.00. The number of aliphatic imine (C=N–C) groups is 1.